The number of hydrogen-bond donors (Lipinski definition) is 1. The van der Waals surface area contributed by atoms with E-state index in [0.29, 0.717) is 6.54 Å². The van der Waals surface area contributed by atoms with E-state index < -0.39 is 0 Å². The summed E-state index contributed by atoms with van der Waals surface area (Å²) in [4.78, 5) is 16.6. The molecule has 2 aromatic rings. The van der Waals surface area contributed by atoms with Crippen molar-refractivity contribution in [3.8, 4) is 0 Å². The van der Waals surface area contributed by atoms with Crippen molar-refractivity contribution in [2.75, 3.05) is 6.54 Å². The quantitative estimate of drug-likeness (QED) is 0.578. The van der Waals surface area contributed by atoms with Crippen LogP contribution in [0, 0.1) is 0 Å². The van der Waals surface area contributed by atoms with Gasteiger partial charge in [-0.2, -0.15) is 0 Å². The van der Waals surface area contributed by atoms with Gasteiger partial charge < -0.3 is 4.98 Å². The third-order valence-electron chi connectivity index (χ3n) is 2.14. The molecule has 0 fully saturated rings. The van der Waals surface area contributed by atoms with Crippen molar-refractivity contribution in [3.63, 3.8) is 0 Å². The fraction of sp³-hybridized carbons (Fsp3) is 0.182. The second kappa shape index (κ2) is 3.90. The van der Waals surface area contributed by atoms with Gasteiger partial charge in [-0.25, -0.2) is 9.79 Å². The number of benzene rings is 1. The number of aliphatic imine (C=N–C) groups is 1. The highest BCUT2D eigenvalue weighted by atomic mass is 16.1. The molecule has 0 saturated heterocycles. The molecule has 0 saturated carbocycles. The maximum Gasteiger partial charge on any atom is 0.234 e. The Morgan fingerprint density at radius 1 is 1.36 bits per heavy atom. The highest BCUT2D eigenvalue weighted by molar-refractivity contribution is 5.80. The summed E-state index contributed by atoms with van der Waals surface area (Å²) >= 11 is 0. The first-order chi connectivity index (χ1) is 6.90. The van der Waals surface area contributed by atoms with Gasteiger partial charge in [-0.15, -0.1) is 0 Å². The van der Waals surface area contributed by atoms with E-state index in [9.17, 15) is 4.79 Å². The van der Waals surface area contributed by atoms with E-state index in [2.05, 4.69) is 22.1 Å². The van der Waals surface area contributed by atoms with Gasteiger partial charge in [0, 0.05) is 17.6 Å². The van der Waals surface area contributed by atoms with Crippen LogP contribution in [0.3, 0.4) is 0 Å². The van der Waals surface area contributed by atoms with Crippen LogP contribution >= 0.6 is 0 Å². The number of aromatic amines is 1. The Balaban J connectivity index is 2.22. The van der Waals surface area contributed by atoms with Crippen LogP contribution in [-0.2, 0) is 11.2 Å². The second-order valence-electron chi connectivity index (χ2n) is 3.10. The molecule has 3 nitrogen and oxygen atoms in total. The summed E-state index contributed by atoms with van der Waals surface area (Å²) in [6, 6.07) is 10.2. The van der Waals surface area contributed by atoms with Crippen molar-refractivity contribution in [1.29, 1.82) is 0 Å². The molecular weight excluding hydrogens is 176 g/mol. The largest absolute Gasteiger partial charge is 0.358 e. The normalized spacial score (nSPS) is 10.0. The average Bonchev–Trinajstić information content (AvgIpc) is 2.60. The maximum absolute atomic E-state index is 9.87. The van der Waals surface area contributed by atoms with E-state index in [1.165, 1.54) is 11.5 Å². The Labute approximate surface area is 81.5 Å². The molecule has 0 spiro atoms. The van der Waals surface area contributed by atoms with E-state index in [0.717, 1.165) is 17.6 Å². The lowest BCUT2D eigenvalue weighted by Crippen LogP contribution is -1.88. The van der Waals surface area contributed by atoms with Crippen LogP contribution in [0.2, 0.25) is 0 Å². The Morgan fingerprint density at radius 3 is 3.00 bits per heavy atom. The van der Waals surface area contributed by atoms with Gasteiger partial charge in [0.15, 0.2) is 0 Å². The molecule has 0 bridgehead atoms. The Hall–Kier alpha value is -1.86. The van der Waals surface area contributed by atoms with E-state index in [1.54, 1.807) is 0 Å². The lowest BCUT2D eigenvalue weighted by atomic mass is 10.2. The molecule has 0 radical (unpaired) electrons. The zero-order chi connectivity index (χ0) is 9.80. The fourth-order valence-electron chi connectivity index (χ4n) is 1.49. The van der Waals surface area contributed by atoms with Crippen LogP contribution in [0.25, 0.3) is 10.9 Å². The van der Waals surface area contributed by atoms with E-state index >= 15 is 0 Å². The molecule has 2 rings (SSSR count). The third-order valence-corrected chi connectivity index (χ3v) is 2.14. The van der Waals surface area contributed by atoms with Gasteiger partial charge in [-0.3, -0.25) is 0 Å². The number of para-hydroxylation sites is 1. The molecule has 70 valence electrons. The van der Waals surface area contributed by atoms with Crippen molar-refractivity contribution in [3.05, 3.63) is 36.0 Å². The fourth-order valence-corrected chi connectivity index (χ4v) is 1.49. The third kappa shape index (κ3) is 1.73. The molecule has 0 atom stereocenters. The zero-order valence-corrected chi connectivity index (χ0v) is 7.66. The van der Waals surface area contributed by atoms with E-state index in [1.807, 2.05) is 18.2 Å². The summed E-state index contributed by atoms with van der Waals surface area (Å²) in [5.41, 5.74) is 2.22. The SMILES string of the molecule is O=C=NCCc1cc2ccccc2[nH]1. The van der Waals surface area contributed by atoms with Gasteiger partial charge in [-0.05, 0) is 17.5 Å². The first-order valence-corrected chi connectivity index (χ1v) is 4.50. The van der Waals surface area contributed by atoms with Crippen molar-refractivity contribution in [2.45, 2.75) is 6.42 Å². The minimum atomic E-state index is 0.496. The Kier molecular flexibility index (Phi) is 2.43. The van der Waals surface area contributed by atoms with Crippen LogP contribution in [0.4, 0.5) is 0 Å². The van der Waals surface area contributed by atoms with Gasteiger partial charge in [0.25, 0.3) is 0 Å². The van der Waals surface area contributed by atoms with Crippen LogP contribution in [0.15, 0.2) is 35.3 Å². The summed E-state index contributed by atoms with van der Waals surface area (Å²) in [6.45, 7) is 0.496. The highest BCUT2D eigenvalue weighted by Crippen LogP contribution is 2.14. The lowest BCUT2D eigenvalue weighted by Gasteiger charge is -1.89. The number of fused-ring (bicyclic) bond motifs is 1. The number of H-pyrrole nitrogens is 1. The van der Waals surface area contributed by atoms with Crippen molar-refractivity contribution in [1.82, 2.24) is 4.98 Å². The number of isocyanates is 1. The molecule has 0 aliphatic carbocycles. The first kappa shape index (κ1) is 8.73. The number of carbonyl (C=O) groups excluding carboxylic acids is 1. The van der Waals surface area contributed by atoms with Crippen molar-refractivity contribution < 1.29 is 4.79 Å². The topological polar surface area (TPSA) is 45.2 Å². The molecule has 0 aliphatic rings. The van der Waals surface area contributed by atoms with Crippen LogP contribution < -0.4 is 0 Å². The Bertz CT molecular complexity index is 448. The van der Waals surface area contributed by atoms with Crippen LogP contribution in [0.1, 0.15) is 5.69 Å². The van der Waals surface area contributed by atoms with Gasteiger partial charge in [0.05, 0.1) is 6.54 Å². The van der Waals surface area contributed by atoms with Gasteiger partial charge >= 0.3 is 0 Å². The van der Waals surface area contributed by atoms with Crippen molar-refractivity contribution in [2.24, 2.45) is 4.99 Å². The standard InChI is InChI=1S/C11H10N2O/c14-8-12-6-5-10-7-9-3-1-2-4-11(9)13-10/h1-4,7,13H,5-6H2. The van der Waals surface area contributed by atoms with E-state index in [4.69, 9.17) is 0 Å². The number of nitrogens with one attached hydrogen (secondary N) is 1. The monoisotopic (exact) mass is 186 g/mol. The summed E-state index contributed by atoms with van der Waals surface area (Å²) in [5.74, 6) is 0. The Morgan fingerprint density at radius 2 is 2.21 bits per heavy atom. The lowest BCUT2D eigenvalue weighted by molar-refractivity contribution is 0.563. The molecule has 1 heterocycles. The molecule has 1 N–H and O–H groups in total. The minimum Gasteiger partial charge on any atom is -0.358 e. The van der Waals surface area contributed by atoms with Gasteiger partial charge in [0.1, 0.15) is 0 Å². The predicted molar refractivity (Wildman–Crippen MR) is 55.0 cm³/mol. The zero-order valence-electron chi connectivity index (χ0n) is 7.66. The van der Waals surface area contributed by atoms with Crippen LogP contribution in [0.5, 0.6) is 0 Å². The number of rotatable bonds is 3. The number of hydrogen-bond acceptors (Lipinski definition) is 2. The summed E-state index contributed by atoms with van der Waals surface area (Å²) in [5, 5.41) is 1.19. The smallest absolute Gasteiger partial charge is 0.234 e. The van der Waals surface area contributed by atoms with Gasteiger partial charge in [-0.1, -0.05) is 18.2 Å². The second-order valence-corrected chi connectivity index (χ2v) is 3.10. The van der Waals surface area contributed by atoms with Crippen molar-refractivity contribution >= 4 is 17.0 Å². The number of nitrogens with zero attached hydrogens (tertiary/aromatic N) is 1. The molecule has 1 aromatic heterocycles. The summed E-state index contributed by atoms with van der Waals surface area (Å²) in [7, 11) is 0. The van der Waals surface area contributed by atoms with Gasteiger partial charge in [0.2, 0.25) is 6.08 Å². The molecular formula is C11H10N2O. The summed E-state index contributed by atoms with van der Waals surface area (Å²) < 4.78 is 0. The predicted octanol–water partition coefficient (Wildman–Crippen LogP) is 2.05. The molecule has 0 amide bonds. The molecule has 0 unspecified atom stereocenters. The molecule has 1 aromatic carbocycles. The first-order valence-electron chi connectivity index (χ1n) is 4.50. The molecule has 3 heteroatoms. The minimum absolute atomic E-state index is 0.496. The maximum atomic E-state index is 9.87. The average molecular weight is 186 g/mol. The number of aromatic nitrogens is 1. The molecule has 0 aliphatic heterocycles. The molecule has 14 heavy (non-hydrogen) atoms. The van der Waals surface area contributed by atoms with E-state index in [-0.39, 0.29) is 0 Å². The highest BCUT2D eigenvalue weighted by Gasteiger charge is 1.98. The van der Waals surface area contributed by atoms with Crippen LogP contribution in [-0.4, -0.2) is 17.6 Å². The summed E-state index contributed by atoms with van der Waals surface area (Å²) in [6.07, 6.45) is 2.29.